The lowest BCUT2D eigenvalue weighted by molar-refractivity contribution is 0.229. The third kappa shape index (κ3) is 4.79. The maximum absolute atomic E-state index is 9.54. The fraction of sp³-hybridized carbons (Fsp3) is 0.250. The van der Waals surface area contributed by atoms with E-state index in [9.17, 15) is 5.11 Å². The summed E-state index contributed by atoms with van der Waals surface area (Å²) in [4.78, 5) is 0. The molecule has 0 aliphatic heterocycles. The van der Waals surface area contributed by atoms with E-state index in [0.29, 0.717) is 28.1 Å². The first-order valence-corrected chi connectivity index (χ1v) is 7.67. The van der Waals surface area contributed by atoms with Gasteiger partial charge in [0.15, 0.2) is 0 Å². The third-order valence-corrected chi connectivity index (χ3v) is 3.99. The maximum Gasteiger partial charge on any atom is 0.119 e. The summed E-state index contributed by atoms with van der Waals surface area (Å²) in [5, 5.41) is 11.4. The number of hydrogen-bond acceptors (Lipinski definition) is 2. The Kier molecular flexibility index (Phi) is 6.19. The molecule has 21 heavy (non-hydrogen) atoms. The van der Waals surface area contributed by atoms with Gasteiger partial charge < -0.3 is 9.84 Å². The van der Waals surface area contributed by atoms with Gasteiger partial charge >= 0.3 is 0 Å². The van der Waals surface area contributed by atoms with Crippen LogP contribution in [0.2, 0.25) is 15.1 Å². The molecule has 0 saturated heterocycles. The second-order valence-electron chi connectivity index (χ2n) is 4.64. The molecule has 0 aromatic heterocycles. The van der Waals surface area contributed by atoms with Gasteiger partial charge in [-0.15, -0.1) is 0 Å². The topological polar surface area (TPSA) is 29.5 Å². The number of halogens is 3. The molecule has 1 atom stereocenters. The number of rotatable bonds is 6. The fourth-order valence-corrected chi connectivity index (χ4v) is 2.72. The van der Waals surface area contributed by atoms with Gasteiger partial charge in [0.05, 0.1) is 13.2 Å². The Bertz CT molecular complexity index is 585. The average Bonchev–Trinajstić information content (AvgIpc) is 2.46. The molecule has 0 bridgehead atoms. The number of ether oxygens (including phenoxy) is 1. The summed E-state index contributed by atoms with van der Waals surface area (Å²) in [6.45, 7) is 0.483. The quantitative estimate of drug-likeness (QED) is 0.780. The number of hydrogen-bond donors (Lipinski definition) is 1. The average molecular weight is 346 g/mol. The highest BCUT2D eigenvalue weighted by molar-refractivity contribution is 6.35. The summed E-state index contributed by atoms with van der Waals surface area (Å²) in [6, 6.07) is 12.5. The minimum atomic E-state index is -0.0814. The molecule has 0 radical (unpaired) electrons. The van der Waals surface area contributed by atoms with E-state index in [1.807, 2.05) is 18.2 Å². The zero-order valence-electron chi connectivity index (χ0n) is 11.2. The Balaban J connectivity index is 1.94. The van der Waals surface area contributed by atoms with Crippen molar-refractivity contribution in [1.82, 2.24) is 0 Å². The summed E-state index contributed by atoms with van der Waals surface area (Å²) in [5.41, 5.74) is 0.878. The number of aliphatic hydroxyl groups is 1. The minimum Gasteiger partial charge on any atom is -0.494 e. The van der Waals surface area contributed by atoms with E-state index in [1.165, 1.54) is 0 Å². The molecule has 1 N–H and O–H groups in total. The van der Waals surface area contributed by atoms with Crippen molar-refractivity contribution in [3.05, 3.63) is 63.1 Å². The Morgan fingerprint density at radius 2 is 1.62 bits per heavy atom. The number of aliphatic hydroxyl groups excluding tert-OH is 1. The molecule has 5 heteroatoms. The largest absolute Gasteiger partial charge is 0.494 e. The zero-order valence-corrected chi connectivity index (χ0v) is 13.5. The monoisotopic (exact) mass is 344 g/mol. The van der Waals surface area contributed by atoms with Crippen molar-refractivity contribution < 1.29 is 9.84 Å². The van der Waals surface area contributed by atoms with Gasteiger partial charge in [-0.05, 0) is 48.4 Å². The van der Waals surface area contributed by atoms with Crippen molar-refractivity contribution in [3.63, 3.8) is 0 Å². The van der Waals surface area contributed by atoms with Crippen LogP contribution in [-0.4, -0.2) is 18.3 Å². The summed E-state index contributed by atoms with van der Waals surface area (Å²) < 4.78 is 5.64. The SMILES string of the molecule is OC[C@@H](CCOc1ccc(Cl)cc1)c1ccc(Cl)cc1Cl. The highest BCUT2D eigenvalue weighted by Crippen LogP contribution is 2.29. The highest BCUT2D eigenvalue weighted by Gasteiger charge is 2.14. The smallest absolute Gasteiger partial charge is 0.119 e. The van der Waals surface area contributed by atoms with Crippen LogP contribution in [0, 0.1) is 0 Å². The van der Waals surface area contributed by atoms with Crippen LogP contribution in [0.25, 0.3) is 0 Å². The van der Waals surface area contributed by atoms with Gasteiger partial charge in [-0.25, -0.2) is 0 Å². The van der Waals surface area contributed by atoms with Crippen molar-refractivity contribution >= 4 is 34.8 Å². The molecule has 0 saturated carbocycles. The van der Waals surface area contributed by atoms with Gasteiger partial charge in [-0.2, -0.15) is 0 Å². The Labute approximate surface area is 139 Å². The molecule has 0 spiro atoms. The van der Waals surface area contributed by atoms with Crippen molar-refractivity contribution in [2.75, 3.05) is 13.2 Å². The Hall–Kier alpha value is -0.930. The van der Waals surface area contributed by atoms with Gasteiger partial charge in [0, 0.05) is 21.0 Å². The summed E-state index contributed by atoms with van der Waals surface area (Å²) in [7, 11) is 0. The summed E-state index contributed by atoms with van der Waals surface area (Å²) >= 11 is 17.9. The van der Waals surface area contributed by atoms with Crippen LogP contribution in [-0.2, 0) is 0 Å². The molecule has 0 fully saturated rings. The molecule has 2 aromatic rings. The maximum atomic E-state index is 9.54. The molecule has 0 aliphatic carbocycles. The lowest BCUT2D eigenvalue weighted by atomic mass is 9.97. The standard InChI is InChI=1S/C16H15Cl3O2/c17-12-1-4-14(5-2-12)21-8-7-11(10-20)15-6-3-13(18)9-16(15)19/h1-6,9,11,20H,7-8,10H2/t11-/m1/s1. The molecule has 0 aliphatic rings. The van der Waals surface area contributed by atoms with Crippen LogP contribution in [0.3, 0.4) is 0 Å². The molecule has 0 unspecified atom stereocenters. The molecule has 112 valence electrons. The van der Waals surface area contributed by atoms with Crippen LogP contribution in [0.15, 0.2) is 42.5 Å². The molecular formula is C16H15Cl3O2. The molecule has 0 amide bonds. The molecule has 2 aromatic carbocycles. The number of benzene rings is 2. The molecule has 0 heterocycles. The predicted molar refractivity (Wildman–Crippen MR) is 87.9 cm³/mol. The highest BCUT2D eigenvalue weighted by atomic mass is 35.5. The molecular weight excluding hydrogens is 331 g/mol. The van der Waals surface area contributed by atoms with E-state index in [4.69, 9.17) is 39.5 Å². The van der Waals surface area contributed by atoms with E-state index >= 15 is 0 Å². The first-order chi connectivity index (χ1) is 10.1. The second-order valence-corrected chi connectivity index (χ2v) is 5.92. The first kappa shape index (κ1) is 16.4. The lowest BCUT2D eigenvalue weighted by Crippen LogP contribution is -2.10. The lowest BCUT2D eigenvalue weighted by Gasteiger charge is -2.16. The Morgan fingerprint density at radius 3 is 2.24 bits per heavy atom. The van der Waals surface area contributed by atoms with Crippen LogP contribution in [0.5, 0.6) is 5.75 Å². The third-order valence-electron chi connectivity index (χ3n) is 3.17. The Morgan fingerprint density at radius 1 is 0.952 bits per heavy atom. The van der Waals surface area contributed by atoms with E-state index in [2.05, 4.69) is 0 Å². The van der Waals surface area contributed by atoms with Gasteiger partial charge in [0.1, 0.15) is 5.75 Å². The van der Waals surface area contributed by atoms with Crippen molar-refractivity contribution in [3.8, 4) is 5.75 Å². The summed E-state index contributed by atoms with van der Waals surface area (Å²) in [5.74, 6) is 0.667. The fourth-order valence-electron chi connectivity index (χ4n) is 2.03. The van der Waals surface area contributed by atoms with Crippen LogP contribution < -0.4 is 4.74 Å². The van der Waals surface area contributed by atoms with E-state index in [-0.39, 0.29) is 12.5 Å². The molecule has 2 nitrogen and oxygen atoms in total. The van der Waals surface area contributed by atoms with E-state index in [1.54, 1.807) is 24.3 Å². The van der Waals surface area contributed by atoms with Gasteiger partial charge in [-0.3, -0.25) is 0 Å². The van der Waals surface area contributed by atoms with Crippen molar-refractivity contribution in [2.45, 2.75) is 12.3 Å². The van der Waals surface area contributed by atoms with E-state index in [0.717, 1.165) is 11.3 Å². The van der Waals surface area contributed by atoms with Crippen LogP contribution in [0.4, 0.5) is 0 Å². The minimum absolute atomic E-state index is 0.00529. The zero-order chi connectivity index (χ0) is 15.2. The predicted octanol–water partition coefficient (Wildman–Crippen LogP) is 5.19. The van der Waals surface area contributed by atoms with Gasteiger partial charge in [0.25, 0.3) is 0 Å². The van der Waals surface area contributed by atoms with Crippen molar-refractivity contribution in [2.24, 2.45) is 0 Å². The van der Waals surface area contributed by atoms with E-state index < -0.39 is 0 Å². The summed E-state index contributed by atoms with van der Waals surface area (Å²) in [6.07, 6.45) is 0.653. The van der Waals surface area contributed by atoms with Gasteiger partial charge in [-0.1, -0.05) is 40.9 Å². The van der Waals surface area contributed by atoms with Crippen molar-refractivity contribution in [1.29, 1.82) is 0 Å². The van der Waals surface area contributed by atoms with Crippen LogP contribution in [0.1, 0.15) is 17.9 Å². The van der Waals surface area contributed by atoms with Crippen LogP contribution >= 0.6 is 34.8 Å². The molecule has 2 rings (SSSR count). The first-order valence-electron chi connectivity index (χ1n) is 6.54. The second kappa shape index (κ2) is 7.90. The normalized spacial score (nSPS) is 12.2. The van der Waals surface area contributed by atoms with Gasteiger partial charge in [0.2, 0.25) is 0 Å².